The Labute approximate surface area is 124 Å². The Morgan fingerprint density at radius 3 is 2.52 bits per heavy atom. The summed E-state index contributed by atoms with van der Waals surface area (Å²) in [6, 6.07) is 0. The van der Waals surface area contributed by atoms with Crippen molar-refractivity contribution < 1.29 is 14.7 Å². The van der Waals surface area contributed by atoms with Gasteiger partial charge in [0.25, 0.3) is 0 Å². The van der Waals surface area contributed by atoms with Crippen LogP contribution in [0.3, 0.4) is 0 Å². The normalized spacial score (nSPS) is 21.3. The van der Waals surface area contributed by atoms with Crippen molar-refractivity contribution in [2.24, 2.45) is 18.9 Å². The van der Waals surface area contributed by atoms with Crippen LogP contribution in [-0.2, 0) is 23.2 Å². The monoisotopic (exact) mass is 291 g/mol. The van der Waals surface area contributed by atoms with Crippen LogP contribution in [0.25, 0.3) is 0 Å². The lowest BCUT2D eigenvalue weighted by molar-refractivity contribution is -0.150. The van der Waals surface area contributed by atoms with Gasteiger partial charge in [0, 0.05) is 32.4 Å². The highest BCUT2D eigenvalue weighted by atomic mass is 16.4. The molecule has 1 aliphatic rings. The smallest absolute Gasteiger partial charge is 0.307 e. The molecule has 1 N–H and O–H groups in total. The van der Waals surface area contributed by atoms with E-state index in [9.17, 15) is 14.7 Å². The Morgan fingerprint density at radius 1 is 1.38 bits per heavy atom. The first-order valence-electron chi connectivity index (χ1n) is 7.02. The maximum Gasteiger partial charge on any atom is 0.307 e. The molecule has 2 rings (SSSR count). The van der Waals surface area contributed by atoms with Gasteiger partial charge in [0.2, 0.25) is 5.91 Å². The predicted octanol–water partition coefficient (Wildman–Crippen LogP) is 1.35. The van der Waals surface area contributed by atoms with E-state index in [0.29, 0.717) is 19.4 Å². The molecule has 0 fully saturated rings. The number of aryl methyl sites for hydroxylation is 2. The van der Waals surface area contributed by atoms with Gasteiger partial charge in [-0.3, -0.25) is 14.3 Å². The van der Waals surface area contributed by atoms with Gasteiger partial charge in [0.1, 0.15) is 0 Å². The molecule has 2 atom stereocenters. The van der Waals surface area contributed by atoms with E-state index in [0.717, 1.165) is 11.3 Å². The summed E-state index contributed by atoms with van der Waals surface area (Å²) in [4.78, 5) is 25.4. The Morgan fingerprint density at radius 2 is 2.00 bits per heavy atom. The second-order valence-corrected chi connectivity index (χ2v) is 5.60. The van der Waals surface area contributed by atoms with Crippen molar-refractivity contribution in [2.75, 3.05) is 7.05 Å². The number of hydrogen-bond donors (Lipinski definition) is 1. The standard InChI is InChI=1S/C15H21N3O3/c1-10-11(9-18(3)16-10)8-17(2)14(19)12-6-4-5-7-13(12)15(20)21/h4-5,9,12-13H,6-8H2,1-3H3,(H,20,21). The fourth-order valence-electron chi connectivity index (χ4n) is 2.78. The zero-order chi connectivity index (χ0) is 15.6. The minimum Gasteiger partial charge on any atom is -0.481 e. The maximum absolute atomic E-state index is 12.5. The molecule has 0 radical (unpaired) electrons. The van der Waals surface area contributed by atoms with E-state index < -0.39 is 17.8 Å². The molecular formula is C15H21N3O3. The van der Waals surface area contributed by atoms with Crippen LogP contribution in [0.1, 0.15) is 24.1 Å². The lowest BCUT2D eigenvalue weighted by Gasteiger charge is -2.28. The summed E-state index contributed by atoms with van der Waals surface area (Å²) in [6.07, 6.45) is 6.53. The summed E-state index contributed by atoms with van der Waals surface area (Å²) < 4.78 is 1.71. The summed E-state index contributed by atoms with van der Waals surface area (Å²) >= 11 is 0. The Bertz CT molecular complexity index is 577. The Kier molecular flexibility index (Phi) is 4.45. The zero-order valence-corrected chi connectivity index (χ0v) is 12.6. The summed E-state index contributed by atoms with van der Waals surface area (Å²) in [5.41, 5.74) is 1.86. The minimum atomic E-state index is -0.899. The van der Waals surface area contributed by atoms with Gasteiger partial charge in [-0.25, -0.2) is 0 Å². The lowest BCUT2D eigenvalue weighted by atomic mass is 9.82. The molecule has 6 nitrogen and oxygen atoms in total. The number of carbonyl (C=O) groups excluding carboxylic acids is 1. The van der Waals surface area contributed by atoms with Crippen molar-refractivity contribution in [1.82, 2.24) is 14.7 Å². The molecule has 21 heavy (non-hydrogen) atoms. The molecule has 0 saturated heterocycles. The molecule has 1 aromatic rings. The quantitative estimate of drug-likeness (QED) is 0.850. The molecule has 0 aliphatic heterocycles. The predicted molar refractivity (Wildman–Crippen MR) is 77.4 cm³/mol. The number of rotatable bonds is 4. The van der Waals surface area contributed by atoms with Crippen molar-refractivity contribution in [3.05, 3.63) is 29.6 Å². The number of nitrogens with zero attached hydrogens (tertiary/aromatic N) is 3. The maximum atomic E-state index is 12.5. The molecule has 2 unspecified atom stereocenters. The fourth-order valence-corrected chi connectivity index (χ4v) is 2.78. The number of aromatic nitrogens is 2. The third-order valence-corrected chi connectivity index (χ3v) is 3.97. The van der Waals surface area contributed by atoms with Crippen molar-refractivity contribution in [2.45, 2.75) is 26.3 Å². The second kappa shape index (κ2) is 6.11. The van der Waals surface area contributed by atoms with Gasteiger partial charge in [0.15, 0.2) is 0 Å². The van der Waals surface area contributed by atoms with Crippen LogP contribution >= 0.6 is 0 Å². The average molecular weight is 291 g/mol. The number of allylic oxidation sites excluding steroid dienone is 2. The van der Waals surface area contributed by atoms with Crippen molar-refractivity contribution >= 4 is 11.9 Å². The van der Waals surface area contributed by atoms with Crippen LogP contribution in [0.15, 0.2) is 18.3 Å². The molecule has 6 heteroatoms. The molecule has 0 bridgehead atoms. The van der Waals surface area contributed by atoms with Gasteiger partial charge in [-0.1, -0.05) is 12.2 Å². The van der Waals surface area contributed by atoms with Crippen LogP contribution in [0.4, 0.5) is 0 Å². The van der Waals surface area contributed by atoms with Crippen LogP contribution in [0.2, 0.25) is 0 Å². The van der Waals surface area contributed by atoms with Gasteiger partial charge in [-0.15, -0.1) is 0 Å². The van der Waals surface area contributed by atoms with Gasteiger partial charge in [-0.05, 0) is 19.8 Å². The molecule has 1 amide bonds. The largest absolute Gasteiger partial charge is 0.481 e. The van der Waals surface area contributed by atoms with E-state index >= 15 is 0 Å². The summed E-state index contributed by atoms with van der Waals surface area (Å²) in [6.45, 7) is 2.35. The van der Waals surface area contributed by atoms with Gasteiger partial charge in [0.05, 0.1) is 17.5 Å². The van der Waals surface area contributed by atoms with E-state index in [1.165, 1.54) is 0 Å². The molecule has 0 saturated carbocycles. The second-order valence-electron chi connectivity index (χ2n) is 5.60. The summed E-state index contributed by atoms with van der Waals surface area (Å²) in [7, 11) is 3.55. The highest BCUT2D eigenvalue weighted by molar-refractivity contribution is 5.85. The Hall–Kier alpha value is -2.11. The molecule has 1 heterocycles. The average Bonchev–Trinajstić information content (AvgIpc) is 2.75. The molecule has 0 aromatic carbocycles. The highest BCUT2D eigenvalue weighted by Gasteiger charge is 2.35. The molecule has 1 aliphatic carbocycles. The zero-order valence-electron chi connectivity index (χ0n) is 12.6. The van der Waals surface area contributed by atoms with Gasteiger partial charge >= 0.3 is 5.97 Å². The SMILES string of the molecule is Cc1nn(C)cc1CN(C)C(=O)C1CC=CCC1C(=O)O. The minimum absolute atomic E-state index is 0.116. The van der Waals surface area contributed by atoms with E-state index in [4.69, 9.17) is 0 Å². The van der Waals surface area contributed by atoms with Crippen molar-refractivity contribution in [1.29, 1.82) is 0 Å². The van der Waals surface area contributed by atoms with Crippen LogP contribution < -0.4 is 0 Å². The molecule has 0 spiro atoms. The summed E-state index contributed by atoms with van der Waals surface area (Å²) in [5, 5.41) is 13.5. The molecule has 114 valence electrons. The topological polar surface area (TPSA) is 75.4 Å². The number of hydrogen-bond acceptors (Lipinski definition) is 3. The third kappa shape index (κ3) is 3.32. The number of amides is 1. The third-order valence-electron chi connectivity index (χ3n) is 3.97. The van der Waals surface area contributed by atoms with E-state index in [1.807, 2.05) is 32.3 Å². The Balaban J connectivity index is 2.09. The van der Waals surface area contributed by atoms with Crippen molar-refractivity contribution in [3.63, 3.8) is 0 Å². The van der Waals surface area contributed by atoms with Crippen molar-refractivity contribution in [3.8, 4) is 0 Å². The van der Waals surface area contributed by atoms with Crippen LogP contribution in [0.5, 0.6) is 0 Å². The first-order chi connectivity index (χ1) is 9.90. The van der Waals surface area contributed by atoms with Crippen LogP contribution in [0, 0.1) is 18.8 Å². The van der Waals surface area contributed by atoms with Gasteiger partial charge in [-0.2, -0.15) is 5.10 Å². The number of carboxylic acids is 1. The highest BCUT2D eigenvalue weighted by Crippen LogP contribution is 2.28. The van der Waals surface area contributed by atoms with E-state index in [1.54, 1.807) is 16.6 Å². The molecular weight excluding hydrogens is 270 g/mol. The lowest BCUT2D eigenvalue weighted by Crippen LogP contribution is -2.39. The summed E-state index contributed by atoms with van der Waals surface area (Å²) in [5.74, 6) is -2.12. The first-order valence-corrected chi connectivity index (χ1v) is 7.02. The van der Waals surface area contributed by atoms with E-state index in [2.05, 4.69) is 5.10 Å². The number of aliphatic carboxylic acids is 1. The van der Waals surface area contributed by atoms with Gasteiger partial charge < -0.3 is 10.0 Å². The number of carbonyl (C=O) groups is 2. The molecule has 1 aromatic heterocycles. The first kappa shape index (κ1) is 15.3. The number of carboxylic acid groups (broad SMARTS) is 1. The van der Waals surface area contributed by atoms with E-state index in [-0.39, 0.29) is 5.91 Å². The fraction of sp³-hybridized carbons (Fsp3) is 0.533. The van der Waals surface area contributed by atoms with Crippen LogP contribution in [-0.4, -0.2) is 38.7 Å².